The fourth-order valence-electron chi connectivity index (χ4n) is 0.673. The predicted molar refractivity (Wildman–Crippen MR) is 65.2 cm³/mol. The van der Waals surface area contributed by atoms with Crippen molar-refractivity contribution in [1.82, 2.24) is 9.97 Å². The summed E-state index contributed by atoms with van der Waals surface area (Å²) in [7, 11) is -1.26. The van der Waals surface area contributed by atoms with Gasteiger partial charge in [-0.25, -0.2) is 14.2 Å². The quantitative estimate of drug-likeness (QED) is 0.784. The van der Waals surface area contributed by atoms with Gasteiger partial charge in [0.05, 0.1) is 21.1 Å². The summed E-state index contributed by atoms with van der Waals surface area (Å²) in [5.41, 5.74) is 0.627. The van der Waals surface area contributed by atoms with Crippen molar-refractivity contribution in [2.75, 3.05) is 0 Å². The van der Waals surface area contributed by atoms with E-state index in [1.165, 1.54) is 12.5 Å². The molecule has 4 nitrogen and oxygen atoms in total. The second-order valence-corrected chi connectivity index (χ2v) is 6.64. The Balaban J connectivity index is 2.84. The van der Waals surface area contributed by atoms with E-state index in [0.29, 0.717) is 5.69 Å². The zero-order valence-corrected chi connectivity index (χ0v) is 11.2. The Morgan fingerprint density at radius 1 is 1.53 bits per heavy atom. The average molecular weight is 290 g/mol. The molecule has 0 aliphatic heterocycles. The minimum Gasteiger partial charge on any atom is -0.244 e. The van der Waals surface area contributed by atoms with Crippen LogP contribution in [0.25, 0.3) is 0 Å². The van der Waals surface area contributed by atoms with Gasteiger partial charge in [-0.15, -0.1) is 0 Å². The highest BCUT2D eigenvalue weighted by atomic mass is 79.9. The van der Waals surface area contributed by atoms with Crippen LogP contribution >= 0.6 is 15.9 Å². The lowest BCUT2D eigenvalue weighted by molar-refractivity contribution is 0.651. The highest BCUT2D eigenvalue weighted by Crippen LogP contribution is 2.13. The van der Waals surface area contributed by atoms with Gasteiger partial charge in [-0.3, -0.25) is 0 Å². The summed E-state index contributed by atoms with van der Waals surface area (Å²) >= 11 is 3.28. The van der Waals surface area contributed by atoms with Crippen molar-refractivity contribution < 1.29 is 4.21 Å². The molecular weight excluding hydrogens is 278 g/mol. The van der Waals surface area contributed by atoms with E-state index in [4.69, 9.17) is 0 Å². The van der Waals surface area contributed by atoms with Crippen LogP contribution in [0.2, 0.25) is 0 Å². The molecule has 1 aromatic heterocycles. The topological polar surface area (TPSA) is 55.2 Å². The summed E-state index contributed by atoms with van der Waals surface area (Å²) in [6.07, 6.45) is 4.54. The van der Waals surface area contributed by atoms with Crippen molar-refractivity contribution in [2.24, 2.45) is 4.40 Å². The molecule has 6 heteroatoms. The van der Waals surface area contributed by atoms with Gasteiger partial charge in [0.25, 0.3) is 0 Å². The van der Waals surface area contributed by atoms with Crippen LogP contribution in [0.1, 0.15) is 26.5 Å². The third kappa shape index (κ3) is 3.79. The van der Waals surface area contributed by atoms with Gasteiger partial charge in [0.2, 0.25) is 0 Å². The Morgan fingerprint density at radius 3 is 2.73 bits per heavy atom. The van der Waals surface area contributed by atoms with Crippen LogP contribution in [-0.4, -0.2) is 25.1 Å². The van der Waals surface area contributed by atoms with Gasteiger partial charge in [-0.2, -0.15) is 4.40 Å². The molecule has 1 heterocycles. The normalized spacial score (nSPS) is 14.4. The van der Waals surface area contributed by atoms with Crippen LogP contribution in [0.3, 0.4) is 0 Å². The van der Waals surface area contributed by atoms with E-state index in [2.05, 4.69) is 30.3 Å². The van der Waals surface area contributed by atoms with Crippen molar-refractivity contribution in [1.29, 1.82) is 0 Å². The first-order chi connectivity index (χ1) is 6.91. The molecule has 1 rings (SSSR count). The molecule has 0 bridgehead atoms. The van der Waals surface area contributed by atoms with Gasteiger partial charge in [0, 0.05) is 6.20 Å². The predicted octanol–water partition coefficient (Wildman–Crippen LogP) is 2.12. The molecule has 0 radical (unpaired) electrons. The lowest BCUT2D eigenvalue weighted by Crippen LogP contribution is -2.19. The van der Waals surface area contributed by atoms with E-state index in [1.54, 1.807) is 6.20 Å². The van der Waals surface area contributed by atoms with Gasteiger partial charge >= 0.3 is 0 Å². The smallest absolute Gasteiger partial charge is 0.144 e. The summed E-state index contributed by atoms with van der Waals surface area (Å²) < 4.78 is 15.9. The largest absolute Gasteiger partial charge is 0.244 e. The van der Waals surface area contributed by atoms with Gasteiger partial charge in [-0.1, -0.05) is 0 Å². The Hall–Kier alpha value is -0.620. The van der Waals surface area contributed by atoms with Crippen molar-refractivity contribution in [3.8, 4) is 0 Å². The summed E-state index contributed by atoms with van der Waals surface area (Å²) in [5, 5.41) is 0. The number of nitrogens with zero attached hydrogens (tertiary/aromatic N) is 3. The highest BCUT2D eigenvalue weighted by Gasteiger charge is 2.18. The van der Waals surface area contributed by atoms with Crippen molar-refractivity contribution in [3.05, 3.63) is 22.7 Å². The van der Waals surface area contributed by atoms with Crippen LogP contribution in [0, 0.1) is 0 Å². The number of aromatic nitrogens is 2. The lowest BCUT2D eigenvalue weighted by Gasteiger charge is -2.12. The van der Waals surface area contributed by atoms with Crippen LogP contribution in [-0.2, 0) is 11.0 Å². The van der Waals surface area contributed by atoms with E-state index in [0.717, 1.165) is 4.47 Å². The highest BCUT2D eigenvalue weighted by molar-refractivity contribution is 9.10. The maximum Gasteiger partial charge on any atom is 0.144 e. The molecule has 0 fully saturated rings. The van der Waals surface area contributed by atoms with Crippen molar-refractivity contribution in [3.63, 3.8) is 0 Å². The lowest BCUT2D eigenvalue weighted by atomic mass is 10.3. The zero-order chi connectivity index (χ0) is 11.5. The second kappa shape index (κ2) is 4.94. The fraction of sp³-hybridized carbons (Fsp3) is 0.444. The summed E-state index contributed by atoms with van der Waals surface area (Å²) in [5.74, 6) is 0. The van der Waals surface area contributed by atoms with Crippen molar-refractivity contribution in [2.45, 2.75) is 25.5 Å². The van der Waals surface area contributed by atoms with E-state index in [-0.39, 0.29) is 4.75 Å². The molecule has 0 unspecified atom stereocenters. The number of hydrogen-bond acceptors (Lipinski definition) is 3. The van der Waals surface area contributed by atoms with Gasteiger partial charge < -0.3 is 0 Å². The molecule has 0 saturated heterocycles. The van der Waals surface area contributed by atoms with Crippen LogP contribution in [0.15, 0.2) is 21.4 Å². The molecule has 0 spiro atoms. The van der Waals surface area contributed by atoms with Gasteiger partial charge in [0.1, 0.15) is 17.3 Å². The average Bonchev–Trinajstić information content (AvgIpc) is 2.14. The SMILES string of the molecule is CC(C)(C)[S@@](=O)/N=C\c1ncncc1Br. The molecule has 0 saturated carbocycles. The number of hydrogen-bond donors (Lipinski definition) is 0. The molecular formula is C9H12BrN3OS. The summed E-state index contributed by atoms with van der Waals surface area (Å²) in [4.78, 5) is 7.82. The first kappa shape index (κ1) is 12.4. The Morgan fingerprint density at radius 2 is 2.20 bits per heavy atom. The van der Waals surface area contributed by atoms with Crippen molar-refractivity contribution >= 4 is 33.1 Å². The van der Waals surface area contributed by atoms with Gasteiger partial charge in [-0.05, 0) is 36.7 Å². The first-order valence-corrected chi connectivity index (χ1v) is 6.23. The minimum absolute atomic E-state index is 0.351. The molecule has 0 aliphatic rings. The van der Waals surface area contributed by atoms with E-state index in [9.17, 15) is 4.21 Å². The first-order valence-electron chi connectivity index (χ1n) is 4.33. The summed E-state index contributed by atoms with van der Waals surface area (Å²) in [6.45, 7) is 5.61. The van der Waals surface area contributed by atoms with Crippen LogP contribution in [0.5, 0.6) is 0 Å². The third-order valence-electron chi connectivity index (χ3n) is 1.49. The van der Waals surface area contributed by atoms with Gasteiger partial charge in [0.15, 0.2) is 0 Å². The minimum atomic E-state index is -1.26. The van der Waals surface area contributed by atoms with Crippen LogP contribution in [0.4, 0.5) is 0 Å². The molecule has 1 aromatic rings. The molecule has 0 aromatic carbocycles. The third-order valence-corrected chi connectivity index (χ3v) is 3.45. The standard InChI is InChI=1S/C9H12BrN3OS/c1-9(2,3)15(14)13-5-8-7(10)4-11-6-12-8/h4-6H,1-3H3/b13-5-/t15-/m1/s1. The van der Waals surface area contributed by atoms with E-state index in [1.807, 2.05) is 20.8 Å². The monoisotopic (exact) mass is 289 g/mol. The van der Waals surface area contributed by atoms with E-state index < -0.39 is 11.0 Å². The maximum absolute atomic E-state index is 11.6. The molecule has 0 aliphatic carbocycles. The van der Waals surface area contributed by atoms with E-state index >= 15 is 0 Å². The molecule has 1 atom stereocenters. The van der Waals surface area contributed by atoms with Crippen LogP contribution < -0.4 is 0 Å². The number of rotatable bonds is 2. The Labute approximate surface area is 100.0 Å². The Kier molecular flexibility index (Phi) is 4.10. The number of halogens is 1. The second-order valence-electron chi connectivity index (χ2n) is 3.85. The summed E-state index contributed by atoms with van der Waals surface area (Å²) in [6, 6.07) is 0. The molecule has 0 N–H and O–H groups in total. The fourth-order valence-corrected chi connectivity index (χ4v) is 1.51. The molecule has 0 amide bonds. The Bertz CT molecular complexity index is 401. The zero-order valence-electron chi connectivity index (χ0n) is 8.77. The maximum atomic E-state index is 11.6. The molecule has 82 valence electrons. The molecule has 15 heavy (non-hydrogen) atoms.